The molecule has 2 aromatic rings. The molecule has 0 atom stereocenters. The van der Waals surface area contributed by atoms with Gasteiger partial charge in [-0.05, 0) is 24.6 Å². The van der Waals surface area contributed by atoms with Crippen molar-refractivity contribution in [2.24, 2.45) is 4.99 Å². The summed E-state index contributed by atoms with van der Waals surface area (Å²) in [6, 6.07) is 9.41. The van der Waals surface area contributed by atoms with Crippen LogP contribution in [0.5, 0.6) is 28.7 Å². The number of methoxy groups -OCH3 is 5. The Morgan fingerprint density at radius 2 is 1.40 bits per heavy atom. The molecule has 0 aromatic heterocycles. The van der Waals surface area contributed by atoms with E-state index in [0.29, 0.717) is 47.8 Å². The highest BCUT2D eigenvalue weighted by Gasteiger charge is 2.14. The Hall–Kier alpha value is -3.29. The molecule has 0 saturated heterocycles. The van der Waals surface area contributed by atoms with Crippen LogP contribution < -0.4 is 34.3 Å². The third-order valence-corrected chi connectivity index (χ3v) is 4.46. The van der Waals surface area contributed by atoms with Gasteiger partial charge in [-0.2, -0.15) is 0 Å². The summed E-state index contributed by atoms with van der Waals surface area (Å²) in [7, 11) is 8.08. The molecule has 2 rings (SSSR count). The van der Waals surface area contributed by atoms with Crippen molar-refractivity contribution >= 4 is 5.96 Å². The molecule has 0 aliphatic rings. The van der Waals surface area contributed by atoms with Gasteiger partial charge in [0.1, 0.15) is 17.2 Å². The van der Waals surface area contributed by atoms with Crippen LogP contribution in [0.1, 0.15) is 18.1 Å². The molecule has 8 nitrogen and oxygen atoms in total. The average molecular weight is 418 g/mol. The van der Waals surface area contributed by atoms with E-state index in [1.54, 1.807) is 35.5 Å². The third-order valence-electron chi connectivity index (χ3n) is 4.46. The van der Waals surface area contributed by atoms with Gasteiger partial charge < -0.3 is 34.3 Å². The monoisotopic (exact) mass is 417 g/mol. The smallest absolute Gasteiger partial charge is 0.191 e. The lowest BCUT2D eigenvalue weighted by Crippen LogP contribution is -2.37. The van der Waals surface area contributed by atoms with E-state index in [9.17, 15) is 0 Å². The summed E-state index contributed by atoms with van der Waals surface area (Å²) >= 11 is 0. The van der Waals surface area contributed by atoms with Crippen LogP contribution in [-0.2, 0) is 13.1 Å². The molecule has 0 aliphatic heterocycles. The Morgan fingerprint density at radius 3 is 1.93 bits per heavy atom. The molecule has 30 heavy (non-hydrogen) atoms. The number of nitrogens with one attached hydrogen (secondary N) is 2. The highest BCUT2D eigenvalue weighted by atomic mass is 16.5. The summed E-state index contributed by atoms with van der Waals surface area (Å²) in [5.74, 6) is 4.06. The number of aliphatic imine (C=N–C) groups is 1. The van der Waals surface area contributed by atoms with Crippen LogP contribution in [0.2, 0.25) is 0 Å². The second-order valence-corrected chi connectivity index (χ2v) is 6.25. The Balaban J connectivity index is 2.18. The van der Waals surface area contributed by atoms with Gasteiger partial charge >= 0.3 is 0 Å². The van der Waals surface area contributed by atoms with Crippen LogP contribution >= 0.6 is 0 Å². The number of hydrogen-bond donors (Lipinski definition) is 2. The normalized spacial score (nSPS) is 10.9. The van der Waals surface area contributed by atoms with Crippen LogP contribution in [0, 0.1) is 0 Å². The standard InChI is InChI=1S/C22H31N3O5/c1-7-23-22(24-13-15-8-9-18(27-3)21(10-15)30-6)25-14-17-19(28-4)11-16(26-2)12-20(17)29-5/h8-12H,7,13-14H2,1-6H3,(H2,23,24,25). The first kappa shape index (κ1) is 23.0. The van der Waals surface area contributed by atoms with E-state index in [4.69, 9.17) is 23.7 Å². The average Bonchev–Trinajstić information content (AvgIpc) is 2.79. The number of guanidine groups is 1. The van der Waals surface area contributed by atoms with E-state index in [2.05, 4.69) is 15.6 Å². The van der Waals surface area contributed by atoms with Crippen molar-refractivity contribution in [1.29, 1.82) is 0 Å². The summed E-state index contributed by atoms with van der Waals surface area (Å²) in [6.07, 6.45) is 0. The number of hydrogen-bond acceptors (Lipinski definition) is 6. The van der Waals surface area contributed by atoms with Gasteiger partial charge in [-0.3, -0.25) is 0 Å². The van der Waals surface area contributed by atoms with Crippen LogP contribution in [0.15, 0.2) is 35.3 Å². The topological polar surface area (TPSA) is 82.6 Å². The van der Waals surface area contributed by atoms with E-state index in [1.807, 2.05) is 37.3 Å². The fourth-order valence-electron chi connectivity index (χ4n) is 2.92. The molecule has 0 amide bonds. The van der Waals surface area contributed by atoms with Crippen LogP contribution in [-0.4, -0.2) is 48.1 Å². The van der Waals surface area contributed by atoms with Gasteiger partial charge in [-0.25, -0.2) is 4.99 Å². The van der Waals surface area contributed by atoms with Crippen molar-refractivity contribution in [1.82, 2.24) is 10.6 Å². The van der Waals surface area contributed by atoms with E-state index < -0.39 is 0 Å². The highest BCUT2D eigenvalue weighted by Crippen LogP contribution is 2.34. The lowest BCUT2D eigenvalue weighted by atomic mass is 10.1. The number of ether oxygens (including phenoxy) is 5. The van der Waals surface area contributed by atoms with Crippen molar-refractivity contribution in [2.45, 2.75) is 20.0 Å². The maximum Gasteiger partial charge on any atom is 0.191 e. The molecule has 0 unspecified atom stereocenters. The lowest BCUT2D eigenvalue weighted by Gasteiger charge is -2.17. The Labute approximate surface area is 178 Å². The molecule has 8 heteroatoms. The van der Waals surface area contributed by atoms with Gasteiger partial charge in [0.25, 0.3) is 0 Å². The Morgan fingerprint density at radius 1 is 0.767 bits per heavy atom. The Bertz CT molecular complexity index is 830. The van der Waals surface area contributed by atoms with Gasteiger partial charge in [-0.1, -0.05) is 6.07 Å². The minimum absolute atomic E-state index is 0.466. The van der Waals surface area contributed by atoms with Crippen molar-refractivity contribution < 1.29 is 23.7 Å². The fraction of sp³-hybridized carbons (Fsp3) is 0.409. The molecule has 164 valence electrons. The second kappa shape index (κ2) is 11.6. The molecular weight excluding hydrogens is 386 g/mol. The first-order chi connectivity index (χ1) is 14.6. The van der Waals surface area contributed by atoms with E-state index in [-0.39, 0.29) is 0 Å². The van der Waals surface area contributed by atoms with E-state index in [1.165, 1.54) is 0 Å². The van der Waals surface area contributed by atoms with Gasteiger partial charge in [0.2, 0.25) is 0 Å². The molecule has 0 fully saturated rings. The van der Waals surface area contributed by atoms with E-state index in [0.717, 1.165) is 17.7 Å². The maximum absolute atomic E-state index is 5.51. The largest absolute Gasteiger partial charge is 0.496 e. The van der Waals surface area contributed by atoms with Crippen LogP contribution in [0.25, 0.3) is 0 Å². The Kier molecular flexibility index (Phi) is 8.93. The lowest BCUT2D eigenvalue weighted by molar-refractivity contribution is 0.354. The molecule has 0 spiro atoms. The summed E-state index contributed by atoms with van der Waals surface area (Å²) in [4.78, 5) is 4.67. The second-order valence-electron chi connectivity index (χ2n) is 6.25. The van der Waals surface area contributed by atoms with E-state index >= 15 is 0 Å². The van der Waals surface area contributed by atoms with Crippen molar-refractivity contribution in [3.05, 3.63) is 41.5 Å². The summed E-state index contributed by atoms with van der Waals surface area (Å²) < 4.78 is 27.0. The SMILES string of the molecule is CCNC(=NCc1ccc(OC)c(OC)c1)NCc1c(OC)cc(OC)cc1OC. The number of rotatable bonds is 10. The fourth-order valence-corrected chi connectivity index (χ4v) is 2.92. The van der Waals surface area contributed by atoms with Crippen molar-refractivity contribution in [3.63, 3.8) is 0 Å². The van der Waals surface area contributed by atoms with Crippen LogP contribution in [0.4, 0.5) is 0 Å². The molecule has 2 N–H and O–H groups in total. The summed E-state index contributed by atoms with van der Waals surface area (Å²) in [5.41, 5.74) is 1.88. The van der Waals surface area contributed by atoms with Crippen molar-refractivity contribution in [3.8, 4) is 28.7 Å². The summed E-state index contributed by atoms with van der Waals surface area (Å²) in [5, 5.41) is 6.58. The zero-order chi connectivity index (χ0) is 21.9. The molecular formula is C22H31N3O5. The highest BCUT2D eigenvalue weighted by molar-refractivity contribution is 5.80. The minimum atomic E-state index is 0.466. The molecule has 0 bridgehead atoms. The van der Waals surface area contributed by atoms with Crippen LogP contribution in [0.3, 0.4) is 0 Å². The zero-order valence-electron chi connectivity index (χ0n) is 18.5. The molecule has 2 aromatic carbocycles. The third kappa shape index (κ3) is 5.85. The molecule has 0 heterocycles. The van der Waals surface area contributed by atoms with Gasteiger partial charge in [0.15, 0.2) is 17.5 Å². The van der Waals surface area contributed by atoms with Gasteiger partial charge in [0.05, 0.1) is 54.2 Å². The maximum atomic E-state index is 5.51. The predicted octanol–water partition coefficient (Wildman–Crippen LogP) is 2.98. The van der Waals surface area contributed by atoms with Gasteiger partial charge in [0, 0.05) is 18.7 Å². The first-order valence-corrected chi connectivity index (χ1v) is 9.62. The first-order valence-electron chi connectivity index (χ1n) is 9.62. The predicted molar refractivity (Wildman–Crippen MR) is 117 cm³/mol. The number of nitrogens with zero attached hydrogens (tertiary/aromatic N) is 1. The molecule has 0 radical (unpaired) electrons. The minimum Gasteiger partial charge on any atom is -0.496 e. The summed E-state index contributed by atoms with van der Waals surface area (Å²) in [6.45, 7) is 3.69. The quantitative estimate of drug-likeness (QED) is 0.454. The number of benzene rings is 2. The zero-order valence-corrected chi connectivity index (χ0v) is 18.5. The molecule has 0 aliphatic carbocycles. The van der Waals surface area contributed by atoms with Gasteiger partial charge in [-0.15, -0.1) is 0 Å². The molecule has 0 saturated carbocycles. The van der Waals surface area contributed by atoms with Crippen molar-refractivity contribution in [2.75, 3.05) is 42.1 Å².